The van der Waals surface area contributed by atoms with E-state index in [-0.39, 0.29) is 18.6 Å². The van der Waals surface area contributed by atoms with Gasteiger partial charge in [-0.25, -0.2) is 0 Å². The highest BCUT2D eigenvalue weighted by Gasteiger charge is 2.32. The second kappa shape index (κ2) is 7.54. The van der Waals surface area contributed by atoms with Gasteiger partial charge in [0.25, 0.3) is 5.91 Å². The van der Waals surface area contributed by atoms with Crippen LogP contribution in [-0.2, 0) is 4.79 Å². The Morgan fingerprint density at radius 1 is 1.29 bits per heavy atom. The summed E-state index contributed by atoms with van der Waals surface area (Å²) in [6.07, 6.45) is 4.67. The lowest BCUT2D eigenvalue weighted by molar-refractivity contribution is -0.124. The number of nitrogens with zero attached hydrogens (tertiary/aromatic N) is 2. The minimum atomic E-state index is -0.119. The van der Waals surface area contributed by atoms with Gasteiger partial charge in [0.15, 0.2) is 18.1 Å². The van der Waals surface area contributed by atoms with Gasteiger partial charge in [-0.15, -0.1) is 0 Å². The Bertz CT molecular complexity index is 629. The largest absolute Gasteiger partial charge is 0.493 e. The molecular formula is C18H23N3O3. The molecule has 1 aliphatic carbocycles. The topological polar surface area (TPSA) is 74.6 Å². The van der Waals surface area contributed by atoms with Crippen molar-refractivity contribution in [1.82, 2.24) is 10.2 Å². The minimum absolute atomic E-state index is 0.0505. The van der Waals surface area contributed by atoms with Crippen LogP contribution in [0, 0.1) is 11.3 Å². The van der Waals surface area contributed by atoms with E-state index in [1.54, 1.807) is 18.2 Å². The summed E-state index contributed by atoms with van der Waals surface area (Å²) in [7, 11) is 1.51. The number of amides is 1. The average Bonchev–Trinajstić information content (AvgIpc) is 3.45. The maximum atomic E-state index is 12.1. The summed E-state index contributed by atoms with van der Waals surface area (Å²) in [4.78, 5) is 14.6. The standard InChI is InChI=1S/C18H23N3O3/c1-23-17-10-13(11-19)2-5-16(17)24-12-18(22)20-14-6-8-21(9-7-14)15-3-4-15/h2,5,10,14-15H,3-4,6-9,12H2,1H3,(H,20,22). The number of benzene rings is 1. The van der Waals surface area contributed by atoms with Crippen LogP contribution in [0.2, 0.25) is 0 Å². The lowest BCUT2D eigenvalue weighted by Crippen LogP contribution is -2.46. The molecule has 1 N–H and O–H groups in total. The van der Waals surface area contributed by atoms with Crippen LogP contribution in [0.1, 0.15) is 31.2 Å². The lowest BCUT2D eigenvalue weighted by Gasteiger charge is -2.32. The van der Waals surface area contributed by atoms with Gasteiger partial charge in [0, 0.05) is 31.2 Å². The molecule has 1 saturated heterocycles. The van der Waals surface area contributed by atoms with Crippen molar-refractivity contribution >= 4 is 5.91 Å². The van der Waals surface area contributed by atoms with Gasteiger partial charge in [0.05, 0.1) is 18.7 Å². The smallest absolute Gasteiger partial charge is 0.258 e. The van der Waals surface area contributed by atoms with E-state index in [0.29, 0.717) is 17.1 Å². The number of methoxy groups -OCH3 is 1. The zero-order chi connectivity index (χ0) is 16.9. The maximum absolute atomic E-state index is 12.1. The highest BCUT2D eigenvalue weighted by molar-refractivity contribution is 5.78. The molecule has 1 saturated carbocycles. The number of hydrogen-bond acceptors (Lipinski definition) is 5. The third-order valence-electron chi connectivity index (χ3n) is 4.61. The molecule has 1 heterocycles. The second-order valence-corrected chi connectivity index (χ2v) is 6.38. The van der Waals surface area contributed by atoms with E-state index < -0.39 is 0 Å². The molecule has 2 aliphatic rings. The van der Waals surface area contributed by atoms with Gasteiger partial charge < -0.3 is 19.7 Å². The average molecular weight is 329 g/mol. The second-order valence-electron chi connectivity index (χ2n) is 6.38. The van der Waals surface area contributed by atoms with E-state index in [0.717, 1.165) is 32.0 Å². The first-order chi connectivity index (χ1) is 11.7. The van der Waals surface area contributed by atoms with E-state index in [2.05, 4.69) is 10.2 Å². The number of rotatable bonds is 6. The number of carbonyl (C=O) groups excluding carboxylic acids is 1. The van der Waals surface area contributed by atoms with Gasteiger partial charge in [-0.05, 0) is 37.8 Å². The van der Waals surface area contributed by atoms with Crippen molar-refractivity contribution in [1.29, 1.82) is 5.26 Å². The number of hydrogen-bond donors (Lipinski definition) is 1. The third-order valence-corrected chi connectivity index (χ3v) is 4.61. The Morgan fingerprint density at radius 2 is 2.04 bits per heavy atom. The van der Waals surface area contributed by atoms with Gasteiger partial charge >= 0.3 is 0 Å². The van der Waals surface area contributed by atoms with Crippen LogP contribution in [-0.4, -0.2) is 49.7 Å². The van der Waals surface area contributed by atoms with Crippen LogP contribution in [0.4, 0.5) is 0 Å². The molecule has 0 spiro atoms. The molecule has 1 aliphatic heterocycles. The highest BCUT2D eigenvalue weighted by atomic mass is 16.5. The monoisotopic (exact) mass is 329 g/mol. The fourth-order valence-electron chi connectivity index (χ4n) is 3.12. The number of likely N-dealkylation sites (tertiary alicyclic amines) is 1. The molecule has 1 aromatic carbocycles. The summed E-state index contributed by atoms with van der Waals surface area (Å²) in [5, 5.41) is 11.9. The molecule has 3 rings (SSSR count). The number of carbonyl (C=O) groups is 1. The van der Waals surface area contributed by atoms with Crippen LogP contribution in [0.15, 0.2) is 18.2 Å². The van der Waals surface area contributed by atoms with Gasteiger partial charge in [-0.1, -0.05) is 0 Å². The molecule has 0 unspecified atom stereocenters. The van der Waals surface area contributed by atoms with Crippen LogP contribution in [0.3, 0.4) is 0 Å². The molecule has 24 heavy (non-hydrogen) atoms. The van der Waals surface area contributed by atoms with Crippen LogP contribution < -0.4 is 14.8 Å². The fourth-order valence-corrected chi connectivity index (χ4v) is 3.12. The van der Waals surface area contributed by atoms with Crippen LogP contribution in [0.25, 0.3) is 0 Å². The molecule has 128 valence electrons. The quantitative estimate of drug-likeness (QED) is 0.859. The first-order valence-electron chi connectivity index (χ1n) is 8.44. The summed E-state index contributed by atoms with van der Waals surface area (Å²) in [6, 6.07) is 7.97. The van der Waals surface area contributed by atoms with Crippen molar-refractivity contribution in [3.63, 3.8) is 0 Å². The Balaban J connectivity index is 1.45. The molecule has 2 fully saturated rings. The number of ether oxygens (including phenoxy) is 2. The van der Waals surface area contributed by atoms with E-state index in [4.69, 9.17) is 14.7 Å². The normalized spacial score (nSPS) is 18.7. The van der Waals surface area contributed by atoms with E-state index in [1.165, 1.54) is 20.0 Å². The summed E-state index contributed by atoms with van der Waals surface area (Å²) in [5.74, 6) is 0.807. The van der Waals surface area contributed by atoms with Crippen molar-refractivity contribution in [2.24, 2.45) is 0 Å². The fraction of sp³-hybridized carbons (Fsp3) is 0.556. The SMILES string of the molecule is COc1cc(C#N)ccc1OCC(=O)NC1CCN(C2CC2)CC1. The number of piperidine rings is 1. The zero-order valence-electron chi connectivity index (χ0n) is 14.0. The Hall–Kier alpha value is -2.26. The third kappa shape index (κ3) is 4.18. The first-order valence-corrected chi connectivity index (χ1v) is 8.44. The Kier molecular flexibility index (Phi) is 5.21. The van der Waals surface area contributed by atoms with Crippen molar-refractivity contribution < 1.29 is 14.3 Å². The molecule has 0 bridgehead atoms. The first kappa shape index (κ1) is 16.6. The van der Waals surface area contributed by atoms with Gasteiger partial charge in [-0.2, -0.15) is 5.26 Å². The molecule has 0 radical (unpaired) electrons. The Labute approximate surface area is 142 Å². The lowest BCUT2D eigenvalue weighted by atomic mass is 10.0. The molecule has 0 aromatic heterocycles. The zero-order valence-corrected chi connectivity index (χ0v) is 14.0. The molecular weight excluding hydrogens is 306 g/mol. The van der Waals surface area contributed by atoms with E-state index >= 15 is 0 Å². The van der Waals surface area contributed by atoms with Crippen molar-refractivity contribution in [3.8, 4) is 17.6 Å². The summed E-state index contributed by atoms with van der Waals surface area (Å²) < 4.78 is 10.7. The Morgan fingerprint density at radius 3 is 2.67 bits per heavy atom. The summed E-state index contributed by atoms with van der Waals surface area (Å²) in [6.45, 7) is 2.09. The number of nitriles is 1. The van der Waals surface area contributed by atoms with Gasteiger partial charge in [0.2, 0.25) is 0 Å². The predicted molar refractivity (Wildman–Crippen MR) is 89.0 cm³/mol. The number of nitrogens with one attached hydrogen (secondary N) is 1. The molecule has 1 aromatic rings. The van der Waals surface area contributed by atoms with E-state index in [1.807, 2.05) is 6.07 Å². The summed E-state index contributed by atoms with van der Waals surface area (Å²) in [5.41, 5.74) is 0.492. The summed E-state index contributed by atoms with van der Waals surface area (Å²) >= 11 is 0. The minimum Gasteiger partial charge on any atom is -0.493 e. The van der Waals surface area contributed by atoms with Crippen molar-refractivity contribution in [2.75, 3.05) is 26.8 Å². The van der Waals surface area contributed by atoms with E-state index in [9.17, 15) is 4.79 Å². The highest BCUT2D eigenvalue weighted by Crippen LogP contribution is 2.29. The maximum Gasteiger partial charge on any atom is 0.258 e. The van der Waals surface area contributed by atoms with Crippen molar-refractivity contribution in [3.05, 3.63) is 23.8 Å². The molecule has 1 amide bonds. The molecule has 6 nitrogen and oxygen atoms in total. The predicted octanol–water partition coefficient (Wildman–Crippen LogP) is 1.69. The molecule has 0 atom stereocenters. The molecule has 6 heteroatoms. The van der Waals surface area contributed by atoms with Crippen molar-refractivity contribution in [2.45, 2.75) is 37.8 Å². The van der Waals surface area contributed by atoms with Gasteiger partial charge in [-0.3, -0.25) is 4.79 Å². The van der Waals surface area contributed by atoms with Gasteiger partial charge in [0.1, 0.15) is 0 Å². The van der Waals surface area contributed by atoms with Crippen LogP contribution in [0.5, 0.6) is 11.5 Å². The van der Waals surface area contributed by atoms with Crippen LogP contribution >= 0.6 is 0 Å².